The van der Waals surface area contributed by atoms with E-state index in [0.29, 0.717) is 19.6 Å². The molecule has 1 aliphatic heterocycles. The van der Waals surface area contributed by atoms with Crippen molar-refractivity contribution in [2.75, 3.05) is 19.6 Å². The topological polar surface area (TPSA) is 40.6 Å². The number of hydrogen-bond acceptors (Lipinski definition) is 2. The fourth-order valence-electron chi connectivity index (χ4n) is 3.12. The fourth-order valence-corrected chi connectivity index (χ4v) is 3.12. The van der Waals surface area contributed by atoms with Crippen LogP contribution < -0.4 is 0 Å². The summed E-state index contributed by atoms with van der Waals surface area (Å²) in [6.07, 6.45) is 0. The molecule has 4 nitrogen and oxygen atoms in total. The third kappa shape index (κ3) is 3.68. The molecule has 0 aromatic heterocycles. The lowest BCUT2D eigenvalue weighted by Crippen LogP contribution is -2.51. The minimum absolute atomic E-state index is 0.0327. The molecule has 2 aromatic carbocycles. The van der Waals surface area contributed by atoms with Gasteiger partial charge in [-0.3, -0.25) is 9.59 Å². The van der Waals surface area contributed by atoms with Gasteiger partial charge in [-0.1, -0.05) is 30.3 Å². The quantitative estimate of drug-likeness (QED) is 0.840. The summed E-state index contributed by atoms with van der Waals surface area (Å²) in [5, 5.41) is 0. The number of benzene rings is 2. The molecule has 2 aromatic rings. The lowest BCUT2D eigenvalue weighted by Gasteiger charge is -2.41. The SMILES string of the molecule is CC(=O)N1CCN(C(=O)c2cc(F)cc(F)c2)[C@H](c2ccccc2)C1. The van der Waals surface area contributed by atoms with Crippen LogP contribution in [0.5, 0.6) is 0 Å². The summed E-state index contributed by atoms with van der Waals surface area (Å²) in [6, 6.07) is 11.8. The molecule has 3 rings (SSSR count). The lowest BCUT2D eigenvalue weighted by molar-refractivity contribution is -0.131. The van der Waals surface area contributed by atoms with Gasteiger partial charge < -0.3 is 9.80 Å². The molecule has 0 saturated carbocycles. The third-order valence-corrected chi connectivity index (χ3v) is 4.38. The van der Waals surface area contributed by atoms with E-state index in [-0.39, 0.29) is 17.5 Å². The Morgan fingerprint density at radius 1 is 1.00 bits per heavy atom. The van der Waals surface area contributed by atoms with Crippen LogP contribution in [-0.2, 0) is 4.79 Å². The molecule has 1 aliphatic rings. The summed E-state index contributed by atoms with van der Waals surface area (Å²) in [7, 11) is 0. The second-order valence-electron chi connectivity index (χ2n) is 6.05. The van der Waals surface area contributed by atoms with Crippen LogP contribution in [-0.4, -0.2) is 41.2 Å². The molecule has 0 spiro atoms. The van der Waals surface area contributed by atoms with Gasteiger partial charge >= 0.3 is 0 Å². The standard InChI is InChI=1S/C19H18F2N2O2/c1-13(24)22-7-8-23(18(12-22)14-5-3-2-4-6-14)19(25)15-9-16(20)11-17(21)10-15/h2-6,9-11,18H,7-8,12H2,1H3/t18-/m0/s1. The lowest BCUT2D eigenvalue weighted by atomic mass is 10.0. The average Bonchev–Trinajstić information content (AvgIpc) is 2.60. The predicted molar refractivity (Wildman–Crippen MR) is 88.8 cm³/mol. The Bertz CT molecular complexity index is 775. The molecule has 0 N–H and O–H groups in total. The summed E-state index contributed by atoms with van der Waals surface area (Å²) < 4.78 is 27.0. The molecule has 1 atom stereocenters. The Labute approximate surface area is 144 Å². The molecular weight excluding hydrogens is 326 g/mol. The van der Waals surface area contributed by atoms with Crippen LogP contribution in [0.1, 0.15) is 28.9 Å². The zero-order valence-electron chi connectivity index (χ0n) is 13.8. The average molecular weight is 344 g/mol. The first kappa shape index (κ1) is 17.1. The number of nitrogens with zero attached hydrogens (tertiary/aromatic N) is 2. The van der Waals surface area contributed by atoms with Crippen LogP contribution in [0.15, 0.2) is 48.5 Å². The molecule has 2 amide bonds. The maximum Gasteiger partial charge on any atom is 0.254 e. The van der Waals surface area contributed by atoms with E-state index in [0.717, 1.165) is 23.8 Å². The van der Waals surface area contributed by atoms with Gasteiger partial charge in [-0.15, -0.1) is 0 Å². The Hall–Kier alpha value is -2.76. The highest BCUT2D eigenvalue weighted by molar-refractivity contribution is 5.94. The maximum atomic E-state index is 13.5. The number of rotatable bonds is 2. The van der Waals surface area contributed by atoms with Crippen molar-refractivity contribution in [1.29, 1.82) is 0 Å². The highest BCUT2D eigenvalue weighted by Crippen LogP contribution is 2.27. The molecular formula is C19H18F2N2O2. The van der Waals surface area contributed by atoms with Crippen molar-refractivity contribution in [1.82, 2.24) is 9.80 Å². The second-order valence-corrected chi connectivity index (χ2v) is 6.05. The minimum Gasteiger partial charge on any atom is -0.339 e. The van der Waals surface area contributed by atoms with Gasteiger partial charge in [0.2, 0.25) is 5.91 Å². The Morgan fingerprint density at radius 3 is 2.24 bits per heavy atom. The Kier molecular flexibility index (Phi) is 4.79. The molecule has 6 heteroatoms. The molecule has 0 unspecified atom stereocenters. The van der Waals surface area contributed by atoms with Crippen LogP contribution >= 0.6 is 0 Å². The molecule has 1 saturated heterocycles. The van der Waals surface area contributed by atoms with Gasteiger partial charge in [-0.05, 0) is 17.7 Å². The van der Waals surface area contributed by atoms with Gasteiger partial charge in [-0.2, -0.15) is 0 Å². The van der Waals surface area contributed by atoms with Gasteiger partial charge in [0.1, 0.15) is 11.6 Å². The van der Waals surface area contributed by atoms with Crippen molar-refractivity contribution in [2.45, 2.75) is 13.0 Å². The Morgan fingerprint density at radius 2 is 1.64 bits per heavy atom. The summed E-state index contributed by atoms with van der Waals surface area (Å²) >= 11 is 0. The first-order valence-corrected chi connectivity index (χ1v) is 8.03. The number of carbonyl (C=O) groups is 2. The summed E-state index contributed by atoms with van der Waals surface area (Å²) in [5.41, 5.74) is 0.841. The monoisotopic (exact) mass is 344 g/mol. The minimum atomic E-state index is -0.790. The van der Waals surface area contributed by atoms with E-state index in [4.69, 9.17) is 0 Å². The normalized spacial score (nSPS) is 17.5. The second kappa shape index (κ2) is 7.01. The molecule has 1 fully saturated rings. The summed E-state index contributed by atoms with van der Waals surface area (Å²) in [5.74, 6) is -2.09. The van der Waals surface area contributed by atoms with Crippen molar-refractivity contribution < 1.29 is 18.4 Å². The van der Waals surface area contributed by atoms with Crippen LogP contribution in [0.25, 0.3) is 0 Å². The van der Waals surface area contributed by atoms with Crippen LogP contribution in [0, 0.1) is 11.6 Å². The van der Waals surface area contributed by atoms with Crippen LogP contribution in [0.3, 0.4) is 0 Å². The molecule has 25 heavy (non-hydrogen) atoms. The van der Waals surface area contributed by atoms with E-state index in [9.17, 15) is 18.4 Å². The summed E-state index contributed by atoms with van der Waals surface area (Å²) in [6.45, 7) is 2.53. The highest BCUT2D eigenvalue weighted by atomic mass is 19.1. The maximum absolute atomic E-state index is 13.5. The van der Waals surface area contributed by atoms with Gasteiger partial charge in [0.15, 0.2) is 0 Å². The largest absolute Gasteiger partial charge is 0.339 e. The zero-order valence-corrected chi connectivity index (χ0v) is 13.8. The van der Waals surface area contributed by atoms with E-state index in [1.165, 1.54) is 6.92 Å². The van der Waals surface area contributed by atoms with E-state index < -0.39 is 17.5 Å². The molecule has 0 radical (unpaired) electrons. The predicted octanol–water partition coefficient (Wildman–Crippen LogP) is 3.01. The van der Waals surface area contributed by atoms with Crippen molar-refractivity contribution in [3.8, 4) is 0 Å². The molecule has 0 bridgehead atoms. The van der Waals surface area contributed by atoms with Crippen LogP contribution in [0.4, 0.5) is 8.78 Å². The third-order valence-electron chi connectivity index (χ3n) is 4.38. The first-order chi connectivity index (χ1) is 12.0. The highest BCUT2D eigenvalue weighted by Gasteiger charge is 2.33. The van der Waals surface area contributed by atoms with Gasteiger partial charge in [0.05, 0.1) is 6.04 Å². The zero-order chi connectivity index (χ0) is 18.0. The van der Waals surface area contributed by atoms with Crippen molar-refractivity contribution in [2.24, 2.45) is 0 Å². The molecule has 130 valence electrons. The van der Waals surface area contributed by atoms with Gasteiger partial charge in [0, 0.05) is 38.2 Å². The first-order valence-electron chi connectivity index (χ1n) is 8.03. The van der Waals surface area contributed by atoms with Crippen LogP contribution in [0.2, 0.25) is 0 Å². The Balaban J connectivity index is 1.94. The summed E-state index contributed by atoms with van der Waals surface area (Å²) in [4.78, 5) is 27.8. The number of halogens is 2. The molecule has 0 aliphatic carbocycles. The number of hydrogen-bond donors (Lipinski definition) is 0. The van der Waals surface area contributed by atoms with Crippen molar-refractivity contribution in [3.05, 3.63) is 71.3 Å². The van der Waals surface area contributed by atoms with E-state index in [1.807, 2.05) is 30.3 Å². The van der Waals surface area contributed by atoms with Crippen molar-refractivity contribution in [3.63, 3.8) is 0 Å². The van der Waals surface area contributed by atoms with Crippen molar-refractivity contribution >= 4 is 11.8 Å². The number of piperazine rings is 1. The van der Waals surface area contributed by atoms with E-state index >= 15 is 0 Å². The van der Waals surface area contributed by atoms with E-state index in [2.05, 4.69) is 0 Å². The smallest absolute Gasteiger partial charge is 0.254 e. The van der Waals surface area contributed by atoms with E-state index in [1.54, 1.807) is 9.80 Å². The molecule has 1 heterocycles. The fraction of sp³-hybridized carbons (Fsp3) is 0.263. The van der Waals surface area contributed by atoms with Gasteiger partial charge in [0.25, 0.3) is 5.91 Å². The van der Waals surface area contributed by atoms with Gasteiger partial charge in [-0.25, -0.2) is 8.78 Å². The number of carbonyl (C=O) groups excluding carboxylic acids is 2. The number of amides is 2.